The van der Waals surface area contributed by atoms with Crippen molar-refractivity contribution in [2.45, 2.75) is 6.92 Å². The fourth-order valence-electron chi connectivity index (χ4n) is 1.03. The van der Waals surface area contributed by atoms with Gasteiger partial charge in [-0.25, -0.2) is 4.39 Å². The smallest absolute Gasteiger partial charge is 0.166 e. The van der Waals surface area contributed by atoms with Crippen LogP contribution >= 0.6 is 22.6 Å². The molecule has 0 amide bonds. The average molecular weight is 294 g/mol. The quantitative estimate of drug-likeness (QED) is 0.619. The van der Waals surface area contributed by atoms with Crippen LogP contribution in [-0.2, 0) is 0 Å². The Morgan fingerprint density at radius 1 is 1.54 bits per heavy atom. The number of Topliss-reactive ketones (excluding diaryl/α,β-unsaturated/α-hetero) is 1. The van der Waals surface area contributed by atoms with E-state index < -0.39 is 5.82 Å². The molecule has 1 aromatic rings. The van der Waals surface area contributed by atoms with E-state index >= 15 is 0 Å². The van der Waals surface area contributed by atoms with E-state index in [1.54, 1.807) is 6.07 Å². The number of halogens is 2. The van der Waals surface area contributed by atoms with E-state index in [1.807, 2.05) is 22.6 Å². The first-order valence-electron chi connectivity index (χ1n) is 3.60. The van der Waals surface area contributed by atoms with Crippen molar-refractivity contribution in [3.63, 3.8) is 0 Å². The largest absolute Gasteiger partial charge is 0.493 e. The molecule has 0 spiro atoms. The van der Waals surface area contributed by atoms with Crippen molar-refractivity contribution in [1.82, 2.24) is 0 Å². The van der Waals surface area contributed by atoms with Crippen molar-refractivity contribution >= 4 is 28.4 Å². The molecule has 0 unspecified atom stereocenters. The molecule has 0 bridgehead atoms. The summed E-state index contributed by atoms with van der Waals surface area (Å²) in [5.41, 5.74) is 0.284. The highest BCUT2D eigenvalue weighted by Gasteiger charge is 2.13. The van der Waals surface area contributed by atoms with Gasteiger partial charge in [-0.2, -0.15) is 0 Å². The average Bonchev–Trinajstić information content (AvgIpc) is 2.02. The number of ketones is 1. The van der Waals surface area contributed by atoms with Gasteiger partial charge in [0.25, 0.3) is 0 Å². The molecule has 0 N–H and O–H groups in total. The van der Waals surface area contributed by atoms with Gasteiger partial charge in [-0.3, -0.25) is 4.79 Å². The van der Waals surface area contributed by atoms with Crippen LogP contribution < -0.4 is 4.74 Å². The summed E-state index contributed by atoms with van der Waals surface area (Å²) in [5, 5.41) is 0. The summed E-state index contributed by atoms with van der Waals surface area (Å²) in [5.74, 6) is -0.679. The highest BCUT2D eigenvalue weighted by Crippen LogP contribution is 2.25. The van der Waals surface area contributed by atoms with E-state index in [2.05, 4.69) is 0 Å². The summed E-state index contributed by atoms with van der Waals surface area (Å²) in [7, 11) is 1.34. The molecule has 70 valence electrons. The minimum Gasteiger partial charge on any atom is -0.493 e. The van der Waals surface area contributed by atoms with Gasteiger partial charge >= 0.3 is 0 Å². The van der Waals surface area contributed by atoms with Crippen LogP contribution in [0.5, 0.6) is 5.75 Å². The van der Waals surface area contributed by atoms with Crippen molar-refractivity contribution in [3.8, 4) is 5.75 Å². The summed E-state index contributed by atoms with van der Waals surface area (Å²) in [4.78, 5) is 11.1. The van der Waals surface area contributed by atoms with E-state index in [0.717, 1.165) is 0 Å². The molecule has 0 fully saturated rings. The number of methoxy groups -OCH3 is 1. The lowest BCUT2D eigenvalue weighted by molar-refractivity contribution is 0.101. The first-order valence-corrected chi connectivity index (χ1v) is 4.68. The molecule has 0 aromatic heterocycles. The van der Waals surface area contributed by atoms with Gasteiger partial charge < -0.3 is 4.74 Å². The maximum absolute atomic E-state index is 13.2. The molecule has 0 radical (unpaired) electrons. The first-order chi connectivity index (χ1) is 6.06. The van der Waals surface area contributed by atoms with Crippen LogP contribution in [0.2, 0.25) is 0 Å². The third kappa shape index (κ3) is 2.18. The van der Waals surface area contributed by atoms with Gasteiger partial charge in [0.15, 0.2) is 17.3 Å². The van der Waals surface area contributed by atoms with Crippen molar-refractivity contribution in [2.75, 3.05) is 7.11 Å². The number of hydrogen-bond donors (Lipinski definition) is 0. The van der Waals surface area contributed by atoms with E-state index in [4.69, 9.17) is 4.74 Å². The van der Waals surface area contributed by atoms with Crippen LogP contribution in [0.15, 0.2) is 12.1 Å². The Bertz CT molecular complexity index is 350. The summed E-state index contributed by atoms with van der Waals surface area (Å²) < 4.78 is 18.7. The molecule has 13 heavy (non-hydrogen) atoms. The van der Waals surface area contributed by atoms with E-state index in [9.17, 15) is 9.18 Å². The Labute approximate surface area is 89.2 Å². The second-order valence-electron chi connectivity index (χ2n) is 2.52. The van der Waals surface area contributed by atoms with Crippen LogP contribution in [0.25, 0.3) is 0 Å². The summed E-state index contributed by atoms with van der Waals surface area (Å²) in [6.07, 6.45) is 0. The van der Waals surface area contributed by atoms with Crippen LogP contribution in [0.3, 0.4) is 0 Å². The van der Waals surface area contributed by atoms with Crippen molar-refractivity contribution in [1.29, 1.82) is 0 Å². The molecule has 1 rings (SSSR count). The molecule has 0 saturated carbocycles. The molecule has 0 aliphatic carbocycles. The zero-order valence-corrected chi connectivity index (χ0v) is 9.38. The van der Waals surface area contributed by atoms with Gasteiger partial charge in [-0.05, 0) is 41.6 Å². The van der Waals surface area contributed by atoms with Gasteiger partial charge in [-0.15, -0.1) is 0 Å². The monoisotopic (exact) mass is 294 g/mol. The summed E-state index contributed by atoms with van der Waals surface area (Å²) in [6.45, 7) is 1.38. The number of rotatable bonds is 2. The minimum absolute atomic E-state index is 0.0212. The number of carbonyl (C=O) groups is 1. The molecule has 0 saturated heterocycles. The zero-order valence-electron chi connectivity index (χ0n) is 7.23. The SMILES string of the molecule is COc1c(F)cc(I)cc1C(C)=O. The van der Waals surface area contributed by atoms with Gasteiger partial charge in [-0.1, -0.05) is 0 Å². The van der Waals surface area contributed by atoms with E-state index in [-0.39, 0.29) is 17.1 Å². The predicted octanol–water partition coefficient (Wildman–Crippen LogP) is 2.64. The topological polar surface area (TPSA) is 26.3 Å². The van der Waals surface area contributed by atoms with E-state index in [0.29, 0.717) is 3.57 Å². The summed E-state index contributed by atoms with van der Waals surface area (Å²) >= 11 is 1.95. The van der Waals surface area contributed by atoms with Crippen LogP contribution in [0.4, 0.5) is 4.39 Å². The lowest BCUT2D eigenvalue weighted by Crippen LogP contribution is -2.00. The third-order valence-corrected chi connectivity index (χ3v) is 2.21. The second kappa shape index (κ2) is 4.04. The number of carbonyl (C=O) groups excluding carboxylic acids is 1. The Morgan fingerprint density at radius 3 is 2.62 bits per heavy atom. The Hall–Kier alpha value is -0.650. The lowest BCUT2D eigenvalue weighted by atomic mass is 10.1. The highest BCUT2D eigenvalue weighted by atomic mass is 127. The summed E-state index contributed by atoms with van der Waals surface area (Å²) in [6, 6.07) is 2.93. The predicted molar refractivity (Wildman–Crippen MR) is 55.7 cm³/mol. The molecule has 2 nitrogen and oxygen atoms in total. The van der Waals surface area contributed by atoms with E-state index in [1.165, 1.54) is 20.1 Å². The number of ether oxygens (including phenoxy) is 1. The van der Waals surface area contributed by atoms with Gasteiger partial charge in [0.1, 0.15) is 0 Å². The minimum atomic E-state index is -0.500. The molecule has 4 heteroatoms. The molecule has 1 aromatic carbocycles. The van der Waals surface area contributed by atoms with Crippen LogP contribution in [-0.4, -0.2) is 12.9 Å². The molecule has 0 atom stereocenters. The maximum atomic E-state index is 13.2. The van der Waals surface area contributed by atoms with Crippen molar-refractivity contribution in [2.24, 2.45) is 0 Å². The van der Waals surface area contributed by atoms with Crippen molar-refractivity contribution < 1.29 is 13.9 Å². The fraction of sp³-hybridized carbons (Fsp3) is 0.222. The molecular formula is C9H8FIO2. The third-order valence-electron chi connectivity index (χ3n) is 1.59. The highest BCUT2D eigenvalue weighted by molar-refractivity contribution is 14.1. The second-order valence-corrected chi connectivity index (χ2v) is 3.77. The molecular weight excluding hydrogens is 286 g/mol. The molecule has 0 aliphatic rings. The van der Waals surface area contributed by atoms with Crippen LogP contribution in [0.1, 0.15) is 17.3 Å². The first kappa shape index (κ1) is 10.4. The standard InChI is InChI=1S/C9H8FIO2/c1-5(12)7-3-6(11)4-8(10)9(7)13-2/h3-4H,1-2H3. The Kier molecular flexibility index (Phi) is 3.24. The van der Waals surface area contributed by atoms with Gasteiger partial charge in [0, 0.05) is 3.57 Å². The number of hydrogen-bond acceptors (Lipinski definition) is 2. The maximum Gasteiger partial charge on any atom is 0.166 e. The van der Waals surface area contributed by atoms with Gasteiger partial charge in [0.05, 0.1) is 12.7 Å². The van der Waals surface area contributed by atoms with Gasteiger partial charge in [0.2, 0.25) is 0 Å². The zero-order chi connectivity index (χ0) is 10.0. The Morgan fingerprint density at radius 2 is 2.15 bits per heavy atom. The normalized spacial score (nSPS) is 9.85. The number of benzene rings is 1. The lowest BCUT2D eigenvalue weighted by Gasteiger charge is -2.06. The van der Waals surface area contributed by atoms with Crippen LogP contribution in [0, 0.1) is 9.39 Å². The fourth-order valence-corrected chi connectivity index (χ4v) is 1.61. The van der Waals surface area contributed by atoms with Crippen molar-refractivity contribution in [3.05, 3.63) is 27.1 Å². The Balaban J connectivity index is 3.38. The molecule has 0 aliphatic heterocycles. The molecule has 0 heterocycles.